The fourth-order valence-corrected chi connectivity index (χ4v) is 1.85. The van der Waals surface area contributed by atoms with Crippen molar-refractivity contribution in [1.82, 2.24) is 10.2 Å². The van der Waals surface area contributed by atoms with Crippen molar-refractivity contribution < 1.29 is 4.74 Å². The predicted molar refractivity (Wildman–Crippen MR) is 64.7 cm³/mol. The van der Waals surface area contributed by atoms with Gasteiger partial charge in [0.2, 0.25) is 0 Å². The van der Waals surface area contributed by atoms with Crippen molar-refractivity contribution in [2.45, 2.75) is 31.7 Å². The molecular formula is C11H23ClN2O. The molecule has 0 bridgehead atoms. The minimum absolute atomic E-state index is 0.246. The fraction of sp³-hybridized carbons (Fsp3) is 1.00. The van der Waals surface area contributed by atoms with Gasteiger partial charge in [-0.1, -0.05) is 13.8 Å². The monoisotopic (exact) mass is 234 g/mol. The maximum absolute atomic E-state index is 6.03. The fourth-order valence-electron chi connectivity index (χ4n) is 1.74. The summed E-state index contributed by atoms with van der Waals surface area (Å²) in [4.78, 5) is 2.42. The van der Waals surface area contributed by atoms with Crippen LogP contribution in [0.1, 0.15) is 20.3 Å². The zero-order valence-electron chi connectivity index (χ0n) is 9.84. The highest BCUT2D eigenvalue weighted by Gasteiger charge is 2.18. The lowest BCUT2D eigenvalue weighted by Crippen LogP contribution is -2.47. The van der Waals surface area contributed by atoms with E-state index in [4.69, 9.17) is 16.3 Å². The standard InChI is InChI=1S/C11H23ClN2O/c1-3-10(12)7-13-8-11-9-14(4-2)5-6-15-11/h10-11,13H,3-9H2,1-2H3. The Kier molecular flexibility index (Phi) is 6.57. The molecule has 1 aliphatic rings. The molecule has 1 rings (SSSR count). The number of alkyl halides is 1. The number of morpholine rings is 1. The molecule has 0 aliphatic carbocycles. The molecule has 15 heavy (non-hydrogen) atoms. The number of hydrogen-bond donors (Lipinski definition) is 1. The molecule has 0 aromatic carbocycles. The van der Waals surface area contributed by atoms with E-state index in [9.17, 15) is 0 Å². The highest BCUT2D eigenvalue weighted by molar-refractivity contribution is 6.20. The summed E-state index contributed by atoms with van der Waals surface area (Å²) in [5.74, 6) is 0. The molecule has 0 spiro atoms. The number of likely N-dealkylation sites (N-methyl/N-ethyl adjacent to an activating group) is 1. The van der Waals surface area contributed by atoms with Gasteiger partial charge in [-0.3, -0.25) is 4.90 Å². The van der Waals surface area contributed by atoms with E-state index in [0.717, 1.165) is 45.8 Å². The van der Waals surface area contributed by atoms with Crippen molar-refractivity contribution in [3.8, 4) is 0 Å². The van der Waals surface area contributed by atoms with E-state index in [1.807, 2.05) is 0 Å². The normalized spacial score (nSPS) is 25.4. The summed E-state index contributed by atoms with van der Waals surface area (Å²) in [6.07, 6.45) is 1.35. The highest BCUT2D eigenvalue weighted by Crippen LogP contribution is 2.04. The maximum Gasteiger partial charge on any atom is 0.0826 e. The summed E-state index contributed by atoms with van der Waals surface area (Å²) in [5.41, 5.74) is 0. The van der Waals surface area contributed by atoms with Gasteiger partial charge in [0.15, 0.2) is 0 Å². The number of nitrogens with zero attached hydrogens (tertiary/aromatic N) is 1. The second kappa shape index (κ2) is 7.44. The minimum atomic E-state index is 0.246. The third-order valence-electron chi connectivity index (χ3n) is 2.85. The van der Waals surface area contributed by atoms with Gasteiger partial charge in [0.25, 0.3) is 0 Å². The van der Waals surface area contributed by atoms with Crippen LogP contribution in [0.3, 0.4) is 0 Å². The number of hydrogen-bond acceptors (Lipinski definition) is 3. The summed E-state index contributed by atoms with van der Waals surface area (Å²) >= 11 is 6.03. The Bertz CT molecular complexity index is 169. The molecule has 0 amide bonds. The summed E-state index contributed by atoms with van der Waals surface area (Å²) < 4.78 is 5.68. The van der Waals surface area contributed by atoms with Crippen LogP contribution in [-0.4, -0.2) is 55.7 Å². The molecule has 2 atom stereocenters. The highest BCUT2D eigenvalue weighted by atomic mass is 35.5. The molecule has 2 unspecified atom stereocenters. The van der Waals surface area contributed by atoms with E-state index in [-0.39, 0.29) is 5.38 Å². The second-order valence-corrected chi connectivity index (χ2v) is 4.67. The largest absolute Gasteiger partial charge is 0.374 e. The third-order valence-corrected chi connectivity index (χ3v) is 3.31. The molecule has 0 saturated carbocycles. The van der Waals surface area contributed by atoms with Gasteiger partial charge in [0, 0.05) is 31.6 Å². The number of ether oxygens (including phenoxy) is 1. The van der Waals surface area contributed by atoms with Gasteiger partial charge in [0.05, 0.1) is 12.7 Å². The van der Waals surface area contributed by atoms with E-state index in [0.29, 0.717) is 6.10 Å². The van der Waals surface area contributed by atoms with Crippen molar-refractivity contribution in [3.63, 3.8) is 0 Å². The molecule has 1 saturated heterocycles. The van der Waals surface area contributed by atoms with Crippen molar-refractivity contribution in [2.24, 2.45) is 0 Å². The maximum atomic E-state index is 6.03. The van der Waals surface area contributed by atoms with Crippen LogP contribution in [0.25, 0.3) is 0 Å². The third kappa shape index (κ3) is 5.16. The summed E-state index contributed by atoms with van der Waals surface area (Å²) in [6, 6.07) is 0. The molecule has 1 heterocycles. The Hall–Kier alpha value is 0.170. The quantitative estimate of drug-likeness (QED) is 0.702. The molecule has 1 aliphatic heterocycles. The van der Waals surface area contributed by atoms with Gasteiger partial charge >= 0.3 is 0 Å². The number of halogens is 1. The van der Waals surface area contributed by atoms with Gasteiger partial charge in [-0.25, -0.2) is 0 Å². The van der Waals surface area contributed by atoms with Crippen LogP contribution in [-0.2, 0) is 4.74 Å². The average Bonchev–Trinajstić information content (AvgIpc) is 2.29. The zero-order valence-corrected chi connectivity index (χ0v) is 10.6. The minimum Gasteiger partial charge on any atom is -0.374 e. The molecule has 90 valence electrons. The van der Waals surface area contributed by atoms with Gasteiger partial charge in [-0.05, 0) is 13.0 Å². The Morgan fingerprint density at radius 3 is 3.00 bits per heavy atom. The zero-order chi connectivity index (χ0) is 11.1. The van der Waals surface area contributed by atoms with Crippen LogP contribution in [0, 0.1) is 0 Å². The summed E-state index contributed by atoms with van der Waals surface area (Å²) in [6.45, 7) is 10.2. The Morgan fingerprint density at radius 1 is 1.53 bits per heavy atom. The first-order valence-corrected chi connectivity index (χ1v) is 6.38. The Morgan fingerprint density at radius 2 is 2.33 bits per heavy atom. The van der Waals surface area contributed by atoms with E-state index in [2.05, 4.69) is 24.1 Å². The summed E-state index contributed by atoms with van der Waals surface area (Å²) in [5, 5.41) is 3.61. The van der Waals surface area contributed by atoms with Crippen LogP contribution >= 0.6 is 11.6 Å². The smallest absolute Gasteiger partial charge is 0.0826 e. The number of nitrogens with one attached hydrogen (secondary N) is 1. The first-order chi connectivity index (χ1) is 7.26. The lowest BCUT2D eigenvalue weighted by atomic mass is 10.2. The van der Waals surface area contributed by atoms with Gasteiger partial charge in [0.1, 0.15) is 0 Å². The van der Waals surface area contributed by atoms with E-state index in [1.165, 1.54) is 0 Å². The van der Waals surface area contributed by atoms with Gasteiger partial charge in [-0.15, -0.1) is 11.6 Å². The van der Waals surface area contributed by atoms with Crippen molar-refractivity contribution in [3.05, 3.63) is 0 Å². The lowest BCUT2D eigenvalue weighted by molar-refractivity contribution is -0.0251. The van der Waals surface area contributed by atoms with Crippen molar-refractivity contribution in [1.29, 1.82) is 0 Å². The van der Waals surface area contributed by atoms with Gasteiger partial charge < -0.3 is 10.1 Å². The summed E-state index contributed by atoms with van der Waals surface area (Å²) in [7, 11) is 0. The molecule has 0 aromatic rings. The molecular weight excluding hydrogens is 212 g/mol. The van der Waals surface area contributed by atoms with Crippen LogP contribution in [0.2, 0.25) is 0 Å². The molecule has 0 aromatic heterocycles. The predicted octanol–water partition coefficient (Wildman–Crippen LogP) is 1.31. The van der Waals surface area contributed by atoms with Crippen LogP contribution in [0.5, 0.6) is 0 Å². The SMILES string of the molecule is CCC(Cl)CNCC1CN(CC)CCO1. The van der Waals surface area contributed by atoms with Crippen LogP contribution in [0.15, 0.2) is 0 Å². The molecule has 1 fully saturated rings. The molecule has 1 N–H and O–H groups in total. The Labute approximate surface area is 98.1 Å². The van der Waals surface area contributed by atoms with Crippen molar-refractivity contribution in [2.75, 3.05) is 39.3 Å². The van der Waals surface area contributed by atoms with E-state index in [1.54, 1.807) is 0 Å². The number of rotatable bonds is 6. The first-order valence-electron chi connectivity index (χ1n) is 5.95. The lowest BCUT2D eigenvalue weighted by Gasteiger charge is -2.32. The van der Waals surface area contributed by atoms with E-state index < -0.39 is 0 Å². The van der Waals surface area contributed by atoms with E-state index >= 15 is 0 Å². The average molecular weight is 235 g/mol. The van der Waals surface area contributed by atoms with Crippen molar-refractivity contribution >= 4 is 11.6 Å². The van der Waals surface area contributed by atoms with Gasteiger partial charge in [-0.2, -0.15) is 0 Å². The Balaban J connectivity index is 2.10. The molecule has 4 heteroatoms. The molecule has 3 nitrogen and oxygen atoms in total. The first kappa shape index (κ1) is 13.2. The molecule has 0 radical (unpaired) electrons. The van der Waals surface area contributed by atoms with Crippen LogP contribution in [0.4, 0.5) is 0 Å². The second-order valence-electron chi connectivity index (χ2n) is 4.05. The van der Waals surface area contributed by atoms with Crippen LogP contribution < -0.4 is 5.32 Å². The topological polar surface area (TPSA) is 24.5 Å².